The van der Waals surface area contributed by atoms with E-state index in [1.54, 1.807) is 7.11 Å². The van der Waals surface area contributed by atoms with Gasteiger partial charge in [-0.25, -0.2) is 0 Å². The van der Waals surface area contributed by atoms with Crippen molar-refractivity contribution in [1.29, 1.82) is 0 Å². The van der Waals surface area contributed by atoms with Gasteiger partial charge in [0.1, 0.15) is 0 Å². The molecule has 114 valence electrons. The summed E-state index contributed by atoms with van der Waals surface area (Å²) in [5, 5.41) is 13.1. The van der Waals surface area contributed by atoms with E-state index in [4.69, 9.17) is 9.47 Å². The predicted molar refractivity (Wildman–Crippen MR) is 80.8 cm³/mol. The number of aliphatic hydroxyl groups is 1. The van der Waals surface area contributed by atoms with Gasteiger partial charge in [-0.15, -0.1) is 0 Å². The highest BCUT2D eigenvalue weighted by molar-refractivity contribution is 5.26. The lowest BCUT2D eigenvalue weighted by Crippen LogP contribution is -2.32. The third kappa shape index (κ3) is 6.48. The Labute approximate surface area is 122 Å². The second-order valence-electron chi connectivity index (χ2n) is 5.01. The van der Waals surface area contributed by atoms with Gasteiger partial charge < -0.3 is 19.9 Å². The van der Waals surface area contributed by atoms with Crippen molar-refractivity contribution in [3.8, 4) is 0 Å². The fourth-order valence-electron chi connectivity index (χ4n) is 2.07. The summed E-state index contributed by atoms with van der Waals surface area (Å²) in [7, 11) is 1.64. The SMILES string of the molecule is CCc1ccccc1CNCC(O)COC(C)COC. The average Bonchev–Trinajstić information content (AvgIpc) is 2.46. The first-order valence-corrected chi connectivity index (χ1v) is 7.23. The maximum atomic E-state index is 9.84. The Morgan fingerprint density at radius 1 is 1.20 bits per heavy atom. The van der Waals surface area contributed by atoms with Gasteiger partial charge in [-0.3, -0.25) is 0 Å². The van der Waals surface area contributed by atoms with Gasteiger partial charge in [-0.2, -0.15) is 0 Å². The van der Waals surface area contributed by atoms with Crippen LogP contribution in [0.4, 0.5) is 0 Å². The van der Waals surface area contributed by atoms with Crippen LogP contribution in [0.1, 0.15) is 25.0 Å². The molecule has 0 radical (unpaired) electrons. The first kappa shape index (κ1) is 17.1. The minimum Gasteiger partial charge on any atom is -0.389 e. The summed E-state index contributed by atoms with van der Waals surface area (Å²) in [6.45, 7) is 6.25. The van der Waals surface area contributed by atoms with Gasteiger partial charge in [0.25, 0.3) is 0 Å². The Balaban J connectivity index is 2.23. The number of aryl methyl sites for hydroxylation is 1. The van der Waals surface area contributed by atoms with Crippen LogP contribution < -0.4 is 5.32 Å². The molecule has 20 heavy (non-hydrogen) atoms. The van der Waals surface area contributed by atoms with Gasteiger partial charge in [0.2, 0.25) is 0 Å². The number of ether oxygens (including phenoxy) is 2. The van der Waals surface area contributed by atoms with Crippen molar-refractivity contribution in [1.82, 2.24) is 5.32 Å². The van der Waals surface area contributed by atoms with E-state index in [9.17, 15) is 5.11 Å². The van der Waals surface area contributed by atoms with Crippen LogP contribution in [0.3, 0.4) is 0 Å². The quantitative estimate of drug-likeness (QED) is 0.686. The molecule has 4 heteroatoms. The molecule has 0 spiro atoms. The second-order valence-corrected chi connectivity index (χ2v) is 5.01. The summed E-state index contributed by atoms with van der Waals surface area (Å²) in [6, 6.07) is 8.36. The molecule has 4 nitrogen and oxygen atoms in total. The van der Waals surface area contributed by atoms with Crippen molar-refractivity contribution in [2.75, 3.05) is 26.9 Å². The minimum absolute atomic E-state index is 0.00969. The summed E-state index contributed by atoms with van der Waals surface area (Å²) >= 11 is 0. The van der Waals surface area contributed by atoms with E-state index in [-0.39, 0.29) is 6.10 Å². The van der Waals surface area contributed by atoms with Gasteiger partial charge in [-0.1, -0.05) is 31.2 Å². The Bertz CT molecular complexity index is 370. The predicted octanol–water partition coefficient (Wildman–Crippen LogP) is 1.75. The van der Waals surface area contributed by atoms with Crippen molar-refractivity contribution in [2.45, 2.75) is 39.0 Å². The van der Waals surface area contributed by atoms with Gasteiger partial charge >= 0.3 is 0 Å². The zero-order chi connectivity index (χ0) is 14.8. The van der Waals surface area contributed by atoms with E-state index < -0.39 is 6.10 Å². The standard InChI is InChI=1S/C16H27NO3/c1-4-14-7-5-6-8-15(14)9-17-10-16(18)12-20-13(2)11-19-3/h5-8,13,16-18H,4,9-12H2,1-3H3. The van der Waals surface area contributed by atoms with Crippen molar-refractivity contribution >= 4 is 0 Å². The summed E-state index contributed by atoms with van der Waals surface area (Å²) in [5.41, 5.74) is 2.63. The van der Waals surface area contributed by atoms with E-state index in [1.165, 1.54) is 11.1 Å². The molecule has 2 unspecified atom stereocenters. The smallest absolute Gasteiger partial charge is 0.0897 e. The number of hydrogen-bond acceptors (Lipinski definition) is 4. The van der Waals surface area contributed by atoms with Gasteiger partial charge in [0, 0.05) is 20.2 Å². The molecule has 2 atom stereocenters. The monoisotopic (exact) mass is 281 g/mol. The number of benzene rings is 1. The van der Waals surface area contributed by atoms with Crippen LogP contribution >= 0.6 is 0 Å². The Morgan fingerprint density at radius 2 is 1.90 bits per heavy atom. The number of rotatable bonds is 10. The van der Waals surface area contributed by atoms with Crippen molar-refractivity contribution in [3.63, 3.8) is 0 Å². The van der Waals surface area contributed by atoms with Crippen molar-refractivity contribution < 1.29 is 14.6 Å². The Morgan fingerprint density at radius 3 is 2.55 bits per heavy atom. The molecule has 0 saturated carbocycles. The maximum Gasteiger partial charge on any atom is 0.0897 e. The molecule has 0 bridgehead atoms. The number of nitrogens with one attached hydrogen (secondary N) is 1. The lowest BCUT2D eigenvalue weighted by molar-refractivity contribution is -0.0311. The van der Waals surface area contributed by atoms with Gasteiger partial charge in [0.05, 0.1) is 25.4 Å². The van der Waals surface area contributed by atoms with E-state index in [0.29, 0.717) is 19.8 Å². The fraction of sp³-hybridized carbons (Fsp3) is 0.625. The van der Waals surface area contributed by atoms with Gasteiger partial charge in [-0.05, 0) is 24.5 Å². The number of aliphatic hydroxyl groups excluding tert-OH is 1. The first-order chi connectivity index (χ1) is 9.67. The largest absolute Gasteiger partial charge is 0.389 e. The molecule has 1 aromatic carbocycles. The molecule has 0 aliphatic carbocycles. The molecule has 2 N–H and O–H groups in total. The molecule has 0 aromatic heterocycles. The van der Waals surface area contributed by atoms with Crippen molar-refractivity contribution in [3.05, 3.63) is 35.4 Å². The number of methoxy groups -OCH3 is 1. The molecule has 0 saturated heterocycles. The van der Waals surface area contributed by atoms with E-state index in [1.807, 2.05) is 13.0 Å². The average molecular weight is 281 g/mol. The topological polar surface area (TPSA) is 50.7 Å². The third-order valence-corrected chi connectivity index (χ3v) is 3.17. The molecule has 1 aromatic rings. The van der Waals surface area contributed by atoms with E-state index in [2.05, 4.69) is 30.4 Å². The molecule has 0 aliphatic rings. The molecule has 0 heterocycles. The first-order valence-electron chi connectivity index (χ1n) is 7.23. The van der Waals surface area contributed by atoms with Gasteiger partial charge in [0.15, 0.2) is 0 Å². The third-order valence-electron chi connectivity index (χ3n) is 3.17. The zero-order valence-corrected chi connectivity index (χ0v) is 12.8. The molecular weight excluding hydrogens is 254 g/mol. The molecule has 0 amide bonds. The lowest BCUT2D eigenvalue weighted by atomic mass is 10.1. The Kier molecular flexibility index (Phi) is 8.46. The van der Waals surface area contributed by atoms with Crippen LogP contribution in [0.25, 0.3) is 0 Å². The summed E-state index contributed by atoms with van der Waals surface area (Å²) < 4.78 is 10.5. The van der Waals surface area contributed by atoms with Crippen LogP contribution in [0.5, 0.6) is 0 Å². The van der Waals surface area contributed by atoms with E-state index in [0.717, 1.165) is 13.0 Å². The molecule has 0 fully saturated rings. The molecule has 0 aliphatic heterocycles. The minimum atomic E-state index is -0.497. The Hall–Kier alpha value is -0.940. The van der Waals surface area contributed by atoms with Crippen LogP contribution in [0, 0.1) is 0 Å². The molecular formula is C16H27NO3. The highest BCUT2D eigenvalue weighted by Crippen LogP contribution is 2.08. The maximum absolute atomic E-state index is 9.84. The van der Waals surface area contributed by atoms with Crippen molar-refractivity contribution in [2.24, 2.45) is 0 Å². The highest BCUT2D eigenvalue weighted by atomic mass is 16.5. The number of hydrogen-bond donors (Lipinski definition) is 2. The summed E-state index contributed by atoms with van der Waals surface area (Å²) in [6.07, 6.45) is 0.538. The fourth-order valence-corrected chi connectivity index (χ4v) is 2.07. The van der Waals surface area contributed by atoms with Crippen LogP contribution in [-0.2, 0) is 22.4 Å². The van der Waals surface area contributed by atoms with Crippen LogP contribution in [0.15, 0.2) is 24.3 Å². The second kappa shape index (κ2) is 9.88. The van der Waals surface area contributed by atoms with Crippen LogP contribution in [0.2, 0.25) is 0 Å². The lowest BCUT2D eigenvalue weighted by Gasteiger charge is -2.16. The summed E-state index contributed by atoms with van der Waals surface area (Å²) in [5.74, 6) is 0. The molecule has 1 rings (SSSR count). The summed E-state index contributed by atoms with van der Waals surface area (Å²) in [4.78, 5) is 0. The normalized spacial score (nSPS) is 14.2. The highest BCUT2D eigenvalue weighted by Gasteiger charge is 2.08. The van der Waals surface area contributed by atoms with Crippen LogP contribution in [-0.4, -0.2) is 44.2 Å². The van der Waals surface area contributed by atoms with E-state index >= 15 is 0 Å². The zero-order valence-electron chi connectivity index (χ0n) is 12.8.